The summed E-state index contributed by atoms with van der Waals surface area (Å²) in [6, 6.07) is 5.15. The first-order valence-corrected chi connectivity index (χ1v) is 7.64. The van der Waals surface area contributed by atoms with Crippen molar-refractivity contribution in [2.24, 2.45) is 0 Å². The molecule has 0 radical (unpaired) electrons. The lowest BCUT2D eigenvalue weighted by molar-refractivity contribution is 0.117. The first-order chi connectivity index (χ1) is 11.1. The average molecular weight is 349 g/mol. The summed E-state index contributed by atoms with van der Waals surface area (Å²) < 4.78 is 12.8. The van der Waals surface area contributed by atoms with Crippen molar-refractivity contribution in [3.8, 4) is 17.2 Å². The summed E-state index contributed by atoms with van der Waals surface area (Å²) in [4.78, 5) is 12.2. The van der Waals surface area contributed by atoms with E-state index < -0.39 is 5.56 Å². The fourth-order valence-corrected chi connectivity index (χ4v) is 2.63. The van der Waals surface area contributed by atoms with Gasteiger partial charge in [-0.2, -0.15) is 9.78 Å². The minimum atomic E-state index is -0.489. The molecule has 0 saturated carbocycles. The van der Waals surface area contributed by atoms with Gasteiger partial charge in [0.05, 0.1) is 16.9 Å². The van der Waals surface area contributed by atoms with Gasteiger partial charge < -0.3 is 9.47 Å². The summed E-state index contributed by atoms with van der Waals surface area (Å²) in [5, 5.41) is 4.06. The number of hydrogen-bond donors (Lipinski definition) is 0. The molecule has 7 heteroatoms. The van der Waals surface area contributed by atoms with Gasteiger partial charge in [-0.3, -0.25) is 4.79 Å². The molecule has 1 aliphatic heterocycles. The quantitative estimate of drug-likeness (QED) is 0.836. The molecule has 0 fully saturated rings. The summed E-state index contributed by atoms with van der Waals surface area (Å²) in [5.74, 6) is 1.18. The third-order valence-corrected chi connectivity index (χ3v) is 4.41. The summed E-state index contributed by atoms with van der Waals surface area (Å²) in [6.45, 7) is 0.452. The molecule has 0 N–H and O–H groups in total. The van der Waals surface area contributed by atoms with E-state index in [2.05, 4.69) is 5.10 Å². The summed E-state index contributed by atoms with van der Waals surface area (Å²) >= 11 is 11.7. The molecule has 1 unspecified atom stereocenters. The van der Waals surface area contributed by atoms with Crippen molar-refractivity contribution in [1.82, 2.24) is 9.78 Å². The zero-order valence-electron chi connectivity index (χ0n) is 11.7. The van der Waals surface area contributed by atoms with Crippen molar-refractivity contribution in [3.05, 3.63) is 68.6 Å². The maximum absolute atomic E-state index is 12.2. The highest BCUT2D eigenvalue weighted by Gasteiger charge is 2.25. The minimum Gasteiger partial charge on any atom is -0.485 e. The van der Waals surface area contributed by atoms with Crippen LogP contribution >= 0.6 is 23.2 Å². The highest BCUT2D eigenvalue weighted by Crippen LogP contribution is 2.35. The second kappa shape index (κ2) is 5.44. The average Bonchev–Trinajstić information content (AvgIpc) is 2.50. The van der Waals surface area contributed by atoms with Crippen LogP contribution < -0.4 is 15.0 Å². The van der Waals surface area contributed by atoms with Crippen molar-refractivity contribution in [2.45, 2.75) is 6.10 Å². The zero-order chi connectivity index (χ0) is 16.0. The number of nitrogens with zero attached hydrogens (tertiary/aromatic N) is 2. The smallest absolute Gasteiger partial charge is 0.291 e. The molecule has 4 rings (SSSR count). The van der Waals surface area contributed by atoms with Crippen molar-refractivity contribution < 1.29 is 9.47 Å². The van der Waals surface area contributed by atoms with Crippen molar-refractivity contribution in [3.63, 3.8) is 0 Å². The van der Waals surface area contributed by atoms with Gasteiger partial charge in [0.25, 0.3) is 5.56 Å². The molecule has 1 aromatic carbocycles. The number of halogens is 2. The van der Waals surface area contributed by atoms with Crippen LogP contribution in [0.3, 0.4) is 0 Å². The standard InChI is InChI=1S/C16H10Cl2N2O3/c17-11-7-19-20(16(21)15(11)18)10-4-5-12-13(6-10)23-14(8-22-12)9-2-1-3-9/h1-7,14H,8H2. The van der Waals surface area contributed by atoms with Crippen LogP contribution in [0.25, 0.3) is 5.69 Å². The Balaban J connectivity index is 1.72. The van der Waals surface area contributed by atoms with E-state index in [4.69, 9.17) is 32.7 Å². The number of aromatic nitrogens is 2. The maximum Gasteiger partial charge on any atom is 0.291 e. The molecule has 2 heterocycles. The second-order valence-electron chi connectivity index (χ2n) is 5.10. The molecule has 0 spiro atoms. The fourth-order valence-electron chi connectivity index (χ4n) is 2.38. The third kappa shape index (κ3) is 2.42. The highest BCUT2D eigenvalue weighted by atomic mass is 35.5. The van der Waals surface area contributed by atoms with Crippen LogP contribution in [-0.4, -0.2) is 22.5 Å². The van der Waals surface area contributed by atoms with Crippen LogP contribution in [-0.2, 0) is 0 Å². The SMILES string of the molecule is O=c1c(Cl)c(Cl)cnn1-c1ccc2c(c1)OC(C1=CC=C1)CO2. The van der Waals surface area contributed by atoms with E-state index in [0.29, 0.717) is 23.8 Å². The lowest BCUT2D eigenvalue weighted by atomic mass is 10.0. The minimum absolute atomic E-state index is 0.0702. The molecule has 5 nitrogen and oxygen atoms in total. The summed E-state index contributed by atoms with van der Waals surface area (Å²) in [7, 11) is 0. The number of fused-ring (bicyclic) bond motifs is 1. The van der Waals surface area contributed by atoms with Gasteiger partial charge >= 0.3 is 0 Å². The number of benzene rings is 1. The fraction of sp³-hybridized carbons (Fsp3) is 0.125. The van der Waals surface area contributed by atoms with E-state index in [-0.39, 0.29) is 16.1 Å². The third-order valence-electron chi connectivity index (χ3n) is 3.66. The number of ether oxygens (including phenoxy) is 2. The molecule has 23 heavy (non-hydrogen) atoms. The second-order valence-corrected chi connectivity index (χ2v) is 5.88. The monoisotopic (exact) mass is 348 g/mol. The van der Waals surface area contributed by atoms with Gasteiger partial charge in [0.15, 0.2) is 17.6 Å². The molecule has 116 valence electrons. The predicted molar refractivity (Wildman–Crippen MR) is 87.0 cm³/mol. The van der Waals surface area contributed by atoms with E-state index in [9.17, 15) is 4.79 Å². The first-order valence-electron chi connectivity index (χ1n) is 6.89. The Kier molecular flexibility index (Phi) is 3.39. The van der Waals surface area contributed by atoms with Crippen LogP contribution in [0, 0.1) is 0 Å². The van der Waals surface area contributed by atoms with Gasteiger partial charge in [-0.1, -0.05) is 41.4 Å². The topological polar surface area (TPSA) is 53.4 Å². The molecular formula is C16H10Cl2N2O3. The predicted octanol–water partition coefficient (Wildman–Crippen LogP) is 3.18. The molecule has 0 bridgehead atoms. The molecule has 0 amide bonds. The van der Waals surface area contributed by atoms with Gasteiger partial charge in [0.1, 0.15) is 11.6 Å². The van der Waals surface area contributed by atoms with E-state index in [1.54, 1.807) is 18.2 Å². The molecule has 2 aliphatic rings. The Morgan fingerprint density at radius 2 is 2.09 bits per heavy atom. The van der Waals surface area contributed by atoms with E-state index in [1.165, 1.54) is 10.9 Å². The van der Waals surface area contributed by atoms with Crippen LogP contribution in [0.5, 0.6) is 11.5 Å². The lowest BCUT2D eigenvalue weighted by Crippen LogP contribution is -2.31. The summed E-state index contributed by atoms with van der Waals surface area (Å²) in [5.41, 5.74) is 1.11. The lowest BCUT2D eigenvalue weighted by Gasteiger charge is -2.29. The largest absolute Gasteiger partial charge is 0.485 e. The Hall–Kier alpha value is -2.24. The highest BCUT2D eigenvalue weighted by molar-refractivity contribution is 6.41. The molecular weight excluding hydrogens is 339 g/mol. The Morgan fingerprint density at radius 1 is 1.26 bits per heavy atom. The Bertz CT molecular complexity index is 918. The maximum atomic E-state index is 12.2. The molecule has 1 aliphatic carbocycles. The Morgan fingerprint density at radius 3 is 2.83 bits per heavy atom. The van der Waals surface area contributed by atoms with Gasteiger partial charge in [-0.15, -0.1) is 0 Å². The van der Waals surface area contributed by atoms with Crippen LogP contribution in [0.15, 0.2) is 53.0 Å². The number of hydrogen-bond acceptors (Lipinski definition) is 4. The van der Waals surface area contributed by atoms with Crippen LogP contribution in [0.2, 0.25) is 10.0 Å². The molecule has 2 aromatic rings. The normalized spacial score (nSPS) is 18.3. The van der Waals surface area contributed by atoms with Gasteiger partial charge in [0.2, 0.25) is 0 Å². The Labute approximate surface area is 141 Å². The van der Waals surface area contributed by atoms with Gasteiger partial charge in [0, 0.05) is 6.07 Å². The number of allylic oxidation sites excluding steroid dienone is 2. The number of rotatable bonds is 2. The molecule has 0 saturated heterocycles. The van der Waals surface area contributed by atoms with Crippen molar-refractivity contribution in [2.75, 3.05) is 6.61 Å². The van der Waals surface area contributed by atoms with Crippen LogP contribution in [0.4, 0.5) is 0 Å². The van der Waals surface area contributed by atoms with Crippen molar-refractivity contribution >= 4 is 23.2 Å². The van der Waals surface area contributed by atoms with Crippen molar-refractivity contribution in [1.29, 1.82) is 0 Å². The van der Waals surface area contributed by atoms with Gasteiger partial charge in [-0.25, -0.2) is 0 Å². The summed E-state index contributed by atoms with van der Waals surface area (Å²) in [6.07, 6.45) is 7.08. The van der Waals surface area contributed by atoms with E-state index >= 15 is 0 Å². The van der Waals surface area contributed by atoms with Crippen LogP contribution in [0.1, 0.15) is 0 Å². The van der Waals surface area contributed by atoms with E-state index in [0.717, 1.165) is 5.57 Å². The van der Waals surface area contributed by atoms with E-state index in [1.807, 2.05) is 18.2 Å². The molecule has 1 aromatic heterocycles. The first kappa shape index (κ1) is 14.4. The molecule has 1 atom stereocenters. The zero-order valence-corrected chi connectivity index (χ0v) is 13.2. The van der Waals surface area contributed by atoms with Gasteiger partial charge in [-0.05, 0) is 17.7 Å².